The summed E-state index contributed by atoms with van der Waals surface area (Å²) in [6.45, 7) is 0. The molecule has 2 aromatic heterocycles. The molecule has 0 N–H and O–H groups in total. The van der Waals surface area contributed by atoms with E-state index in [0.717, 1.165) is 77.5 Å². The number of nitrogens with zero attached hydrogens (tertiary/aromatic N) is 1. The molecule has 0 aliphatic carbocycles. The van der Waals surface area contributed by atoms with Crippen LogP contribution in [0.15, 0.2) is 148 Å². The molecule has 9 aromatic rings. The summed E-state index contributed by atoms with van der Waals surface area (Å²) >= 11 is 12.6. The van der Waals surface area contributed by atoms with Gasteiger partial charge in [0.15, 0.2) is 0 Å². The van der Waals surface area contributed by atoms with Gasteiger partial charge in [-0.1, -0.05) is 83.9 Å². The van der Waals surface area contributed by atoms with E-state index in [9.17, 15) is 0 Å². The number of fused-ring (bicyclic) bond motifs is 7. The Labute approximate surface area is 268 Å². The van der Waals surface area contributed by atoms with E-state index in [1.165, 1.54) is 5.39 Å². The van der Waals surface area contributed by atoms with Gasteiger partial charge in [-0.05, 0) is 89.3 Å². The van der Waals surface area contributed by atoms with E-state index in [0.29, 0.717) is 10.0 Å². The van der Waals surface area contributed by atoms with Crippen LogP contribution in [0, 0.1) is 0 Å². The Morgan fingerprint density at radius 1 is 0.400 bits per heavy atom. The van der Waals surface area contributed by atoms with E-state index in [1.54, 1.807) is 6.07 Å². The average molecular weight is 621 g/mol. The van der Waals surface area contributed by atoms with E-state index >= 15 is 0 Å². The van der Waals surface area contributed by atoms with Gasteiger partial charge in [-0.3, -0.25) is 0 Å². The minimum atomic E-state index is 0.606. The fraction of sp³-hybridized carbons (Fsp3) is 0. The summed E-state index contributed by atoms with van der Waals surface area (Å²) in [6.07, 6.45) is 0. The highest BCUT2D eigenvalue weighted by molar-refractivity contribution is 6.35. The predicted molar refractivity (Wildman–Crippen MR) is 189 cm³/mol. The van der Waals surface area contributed by atoms with Gasteiger partial charge in [0.2, 0.25) is 0 Å². The van der Waals surface area contributed by atoms with E-state index < -0.39 is 0 Å². The lowest BCUT2D eigenvalue weighted by molar-refractivity contribution is 0.668. The fourth-order valence-electron chi connectivity index (χ4n) is 6.49. The largest absolute Gasteiger partial charge is 0.456 e. The van der Waals surface area contributed by atoms with Gasteiger partial charge in [0, 0.05) is 54.4 Å². The number of benzene rings is 7. The molecule has 3 nitrogen and oxygen atoms in total. The summed E-state index contributed by atoms with van der Waals surface area (Å²) in [7, 11) is 0. The third kappa shape index (κ3) is 4.35. The summed E-state index contributed by atoms with van der Waals surface area (Å²) in [5, 5.41) is 7.79. The van der Waals surface area contributed by atoms with Crippen molar-refractivity contribution >= 4 is 94.9 Å². The highest BCUT2D eigenvalue weighted by Gasteiger charge is 2.19. The van der Waals surface area contributed by atoms with Crippen LogP contribution in [0.2, 0.25) is 10.0 Å². The minimum Gasteiger partial charge on any atom is -0.456 e. The molecule has 0 saturated carbocycles. The van der Waals surface area contributed by atoms with Crippen LogP contribution >= 0.6 is 23.2 Å². The van der Waals surface area contributed by atoms with Crippen molar-refractivity contribution in [3.8, 4) is 11.1 Å². The van der Waals surface area contributed by atoms with Crippen molar-refractivity contribution < 1.29 is 8.83 Å². The molecule has 0 aliphatic rings. The zero-order valence-electron chi connectivity index (χ0n) is 23.8. The molecule has 214 valence electrons. The summed E-state index contributed by atoms with van der Waals surface area (Å²) in [5.41, 5.74) is 8.46. The molecule has 0 aliphatic heterocycles. The quantitative estimate of drug-likeness (QED) is 0.196. The second-order valence-corrected chi connectivity index (χ2v) is 12.1. The average Bonchev–Trinajstić information content (AvgIpc) is 3.62. The lowest BCUT2D eigenvalue weighted by Gasteiger charge is -2.27. The van der Waals surface area contributed by atoms with Crippen molar-refractivity contribution in [3.63, 3.8) is 0 Å². The van der Waals surface area contributed by atoms with Crippen LogP contribution in [0.5, 0.6) is 0 Å². The molecule has 7 aromatic carbocycles. The number of para-hydroxylation sites is 1. The summed E-state index contributed by atoms with van der Waals surface area (Å²) in [6, 6.07) is 47.7. The first-order valence-corrected chi connectivity index (χ1v) is 15.5. The van der Waals surface area contributed by atoms with Crippen molar-refractivity contribution in [2.24, 2.45) is 0 Å². The van der Waals surface area contributed by atoms with Gasteiger partial charge in [0.05, 0.1) is 5.69 Å². The van der Waals surface area contributed by atoms with Gasteiger partial charge in [-0.25, -0.2) is 0 Å². The van der Waals surface area contributed by atoms with Crippen LogP contribution in [-0.2, 0) is 0 Å². The standard InChI is InChI=1S/C40H23Cl2NO2/c41-27-18-26(19-28(42)21-27)25-12-16-38-34(20-25)33-15-13-30(23-40(33)45-38)43(36-10-5-7-24-6-1-2-8-31(24)36)29-14-17-39-35(22-29)32-9-3-4-11-37(32)44-39/h1-23H. The second-order valence-electron chi connectivity index (χ2n) is 11.3. The zero-order chi connectivity index (χ0) is 30.1. The SMILES string of the molecule is Clc1cc(Cl)cc(-c2ccc3oc4cc(N(c5ccc6oc7ccccc7c6c5)c5cccc6ccccc56)ccc4c3c2)c1. The summed E-state index contributed by atoms with van der Waals surface area (Å²) < 4.78 is 12.6. The van der Waals surface area contributed by atoms with Crippen LogP contribution in [0.3, 0.4) is 0 Å². The Morgan fingerprint density at radius 3 is 1.89 bits per heavy atom. The molecule has 2 heterocycles. The first-order chi connectivity index (χ1) is 22.1. The lowest BCUT2D eigenvalue weighted by atomic mass is 10.0. The maximum absolute atomic E-state index is 6.46. The van der Waals surface area contributed by atoms with Crippen LogP contribution in [0.1, 0.15) is 0 Å². The number of hydrogen-bond acceptors (Lipinski definition) is 3. The smallest absolute Gasteiger partial charge is 0.137 e. The maximum atomic E-state index is 6.46. The zero-order valence-corrected chi connectivity index (χ0v) is 25.3. The van der Waals surface area contributed by atoms with Gasteiger partial charge in [-0.15, -0.1) is 0 Å². The van der Waals surface area contributed by atoms with Gasteiger partial charge in [0.25, 0.3) is 0 Å². The molecule has 45 heavy (non-hydrogen) atoms. The molecule has 0 spiro atoms. The van der Waals surface area contributed by atoms with Crippen LogP contribution in [-0.4, -0.2) is 0 Å². The predicted octanol–water partition coefficient (Wildman–Crippen LogP) is 13.1. The van der Waals surface area contributed by atoms with Crippen molar-refractivity contribution in [2.45, 2.75) is 0 Å². The van der Waals surface area contributed by atoms with Crippen molar-refractivity contribution in [1.29, 1.82) is 0 Å². The van der Waals surface area contributed by atoms with Crippen LogP contribution < -0.4 is 4.90 Å². The first-order valence-electron chi connectivity index (χ1n) is 14.7. The summed E-state index contributed by atoms with van der Waals surface area (Å²) in [4.78, 5) is 2.30. The topological polar surface area (TPSA) is 29.5 Å². The Bertz CT molecular complexity index is 2570. The normalized spacial score (nSPS) is 11.8. The van der Waals surface area contributed by atoms with E-state index in [-0.39, 0.29) is 0 Å². The molecule has 0 bridgehead atoms. The Kier molecular flexibility index (Phi) is 5.92. The van der Waals surface area contributed by atoms with Crippen molar-refractivity contribution in [3.05, 3.63) is 150 Å². The fourth-order valence-corrected chi connectivity index (χ4v) is 7.01. The molecular weight excluding hydrogens is 597 g/mol. The molecule has 0 saturated heterocycles. The molecule has 5 heteroatoms. The number of furan rings is 2. The molecule has 9 rings (SSSR count). The van der Waals surface area contributed by atoms with Crippen LogP contribution in [0.25, 0.3) is 65.8 Å². The van der Waals surface area contributed by atoms with Gasteiger partial charge < -0.3 is 13.7 Å². The number of hydrogen-bond donors (Lipinski definition) is 0. The highest BCUT2D eigenvalue weighted by Crippen LogP contribution is 2.43. The van der Waals surface area contributed by atoms with Crippen molar-refractivity contribution in [2.75, 3.05) is 4.90 Å². The second kappa shape index (κ2) is 10.2. The molecule has 0 unspecified atom stereocenters. The number of rotatable bonds is 4. The monoisotopic (exact) mass is 619 g/mol. The first kappa shape index (κ1) is 26.2. The molecular formula is C40H23Cl2NO2. The lowest BCUT2D eigenvalue weighted by Crippen LogP contribution is -2.10. The highest BCUT2D eigenvalue weighted by atomic mass is 35.5. The van der Waals surface area contributed by atoms with Gasteiger partial charge in [0.1, 0.15) is 22.3 Å². The third-order valence-electron chi connectivity index (χ3n) is 8.53. The van der Waals surface area contributed by atoms with E-state index in [2.05, 4.69) is 95.9 Å². The van der Waals surface area contributed by atoms with Crippen molar-refractivity contribution in [1.82, 2.24) is 0 Å². The minimum absolute atomic E-state index is 0.606. The maximum Gasteiger partial charge on any atom is 0.137 e. The Morgan fingerprint density at radius 2 is 1.02 bits per heavy atom. The van der Waals surface area contributed by atoms with Gasteiger partial charge in [-0.2, -0.15) is 0 Å². The molecule has 0 fully saturated rings. The number of halogens is 2. The number of anilines is 3. The van der Waals surface area contributed by atoms with E-state index in [1.807, 2.05) is 42.5 Å². The Balaban J connectivity index is 1.25. The van der Waals surface area contributed by atoms with Crippen LogP contribution in [0.4, 0.5) is 17.1 Å². The summed E-state index contributed by atoms with van der Waals surface area (Å²) in [5.74, 6) is 0. The Hall–Kier alpha value is -5.22. The molecule has 0 amide bonds. The molecule has 0 radical (unpaired) electrons. The molecule has 0 atom stereocenters. The van der Waals surface area contributed by atoms with Gasteiger partial charge >= 0.3 is 0 Å². The van der Waals surface area contributed by atoms with E-state index in [4.69, 9.17) is 32.0 Å². The third-order valence-corrected chi connectivity index (χ3v) is 8.97.